The van der Waals surface area contributed by atoms with Crippen molar-refractivity contribution in [3.05, 3.63) is 116 Å². The van der Waals surface area contributed by atoms with Gasteiger partial charge >= 0.3 is 12.1 Å². The van der Waals surface area contributed by atoms with Gasteiger partial charge in [-0.25, -0.2) is 22.7 Å². The number of rotatable bonds is 29. The Hall–Kier alpha value is -5.52. The molecule has 0 aromatic heterocycles. The van der Waals surface area contributed by atoms with Crippen LogP contribution in [-0.4, -0.2) is 206 Å². The highest BCUT2D eigenvalue weighted by molar-refractivity contribution is 7.97. The van der Waals surface area contributed by atoms with E-state index in [2.05, 4.69) is 85.2 Å². The standard InChI is InChI=1S/C64H82Cl2N14O8S2/c65-43-25-41(33-67)55-31-59(79-39-47-29-49(79)35-73-47)61(57(55)27-43)87-51-3-7-53(8-4-51)89-75-45-11-17-77(37-45)19-23-85-21-15-71-63(81)69-13-1-2-14-70-64(82)72-16-22-86-24-20-78-18-12-46(38-78)76-90(83,84)54-9-5-52(6-10-54)88-62-58-28-44(66)26-42(34-68)56(58)32-60(62)80-40-48-30-50(80)36-74-48/h3-10,25-28,45-50,59-62,73-76H,1-2,11-24,29-32,35-40H2,(H2,69,71,81)(H2,70,72,82)/t45-,46-,47+,48+,49+,50+,59+,60+,61+,62+/m1/s1. The van der Waals surface area contributed by atoms with E-state index in [1.807, 2.05) is 24.3 Å². The molecule has 12 rings (SSSR count). The molecule has 0 spiro atoms. The zero-order valence-electron chi connectivity index (χ0n) is 50.6. The fraction of sp³-hybridized carbons (Fsp3) is 0.562. The van der Waals surface area contributed by atoms with Crippen LogP contribution in [0.5, 0.6) is 11.5 Å². The molecule has 26 heteroatoms. The van der Waals surface area contributed by atoms with E-state index in [1.165, 1.54) is 0 Å². The van der Waals surface area contributed by atoms with Crippen LogP contribution in [-0.2, 0) is 32.3 Å². The first-order chi connectivity index (χ1) is 43.8. The average Bonchev–Trinajstić information content (AvgIpc) is 1.72. The second-order valence-electron chi connectivity index (χ2n) is 24.9. The Bertz CT molecular complexity index is 3370. The van der Waals surface area contributed by atoms with Crippen molar-refractivity contribution in [1.82, 2.24) is 60.9 Å². The number of halogens is 2. The number of carbonyl (C=O) groups is 2. The van der Waals surface area contributed by atoms with Gasteiger partial charge in [0.1, 0.15) is 23.7 Å². The van der Waals surface area contributed by atoms with Crippen molar-refractivity contribution in [3.63, 3.8) is 0 Å². The minimum atomic E-state index is -3.79. The third-order valence-corrected chi connectivity index (χ3v) is 21.9. The molecule has 4 bridgehead atoms. The lowest BCUT2D eigenvalue weighted by Gasteiger charge is -2.36. The molecule has 4 aromatic carbocycles. The molecule has 0 saturated carbocycles. The van der Waals surface area contributed by atoms with Crippen LogP contribution in [0.1, 0.15) is 84.1 Å². The predicted molar refractivity (Wildman–Crippen MR) is 343 cm³/mol. The van der Waals surface area contributed by atoms with Crippen molar-refractivity contribution in [3.8, 4) is 23.6 Å². The Morgan fingerprint density at radius 1 is 0.622 bits per heavy atom. The molecule has 10 atom stereocenters. The summed E-state index contributed by atoms with van der Waals surface area (Å²) in [6.07, 6.45) is 6.27. The van der Waals surface area contributed by atoms with Gasteiger partial charge < -0.3 is 50.8 Å². The molecule has 22 nitrogen and oxygen atoms in total. The van der Waals surface area contributed by atoms with Gasteiger partial charge in [0, 0.05) is 130 Å². The van der Waals surface area contributed by atoms with Crippen LogP contribution in [0.3, 0.4) is 0 Å². The van der Waals surface area contributed by atoms with E-state index in [0.717, 1.165) is 111 Å². The van der Waals surface area contributed by atoms with E-state index in [1.54, 1.807) is 48.3 Å². The van der Waals surface area contributed by atoms with E-state index in [4.69, 9.17) is 42.1 Å². The van der Waals surface area contributed by atoms with Crippen LogP contribution < -0.4 is 50.8 Å². The van der Waals surface area contributed by atoms with E-state index in [-0.39, 0.29) is 47.3 Å². The number of unbranched alkanes of at least 4 members (excludes halogenated alkanes) is 1. The second-order valence-corrected chi connectivity index (χ2v) is 28.4. The maximum absolute atomic E-state index is 13.5. The quantitative estimate of drug-likeness (QED) is 0.0261. The Labute approximate surface area is 542 Å². The van der Waals surface area contributed by atoms with Crippen molar-refractivity contribution >= 4 is 57.2 Å². The Morgan fingerprint density at radius 2 is 1.10 bits per heavy atom. The molecule has 6 saturated heterocycles. The lowest BCUT2D eigenvalue weighted by Crippen LogP contribution is -2.50. The smallest absolute Gasteiger partial charge is 0.314 e. The van der Waals surface area contributed by atoms with E-state index in [0.29, 0.717) is 149 Å². The number of hydrogen-bond acceptors (Lipinski definition) is 18. The van der Waals surface area contributed by atoms with Gasteiger partial charge in [0.2, 0.25) is 10.0 Å². The number of ether oxygens (including phenoxy) is 4. The molecule has 6 aliphatic heterocycles. The maximum Gasteiger partial charge on any atom is 0.314 e. The van der Waals surface area contributed by atoms with E-state index in [9.17, 15) is 28.5 Å². The number of benzene rings is 4. The molecule has 0 unspecified atom stereocenters. The third-order valence-electron chi connectivity index (χ3n) is 19.0. The first kappa shape index (κ1) is 64.6. The van der Waals surface area contributed by atoms with E-state index >= 15 is 0 Å². The molecule has 482 valence electrons. The van der Waals surface area contributed by atoms with Crippen LogP contribution >= 0.6 is 35.1 Å². The van der Waals surface area contributed by atoms with Gasteiger partial charge in [0.05, 0.1) is 66.7 Å². The fourth-order valence-electron chi connectivity index (χ4n) is 14.5. The molecule has 6 fully saturated rings. The van der Waals surface area contributed by atoms with Crippen LogP contribution in [0.15, 0.2) is 82.6 Å². The summed E-state index contributed by atoms with van der Waals surface area (Å²) in [5.41, 5.74) is 5.16. The minimum Gasteiger partial charge on any atom is -0.484 e. The molecule has 8 aliphatic rings. The van der Waals surface area contributed by atoms with Gasteiger partial charge in [-0.15, -0.1) is 0 Å². The number of piperazine rings is 2. The third kappa shape index (κ3) is 15.9. The van der Waals surface area contributed by atoms with Gasteiger partial charge in [-0.3, -0.25) is 24.3 Å². The second kappa shape index (κ2) is 30.0. The number of nitrogens with zero attached hydrogens (tertiary/aromatic N) is 6. The first-order valence-electron chi connectivity index (χ1n) is 31.9. The number of nitrogens with one attached hydrogen (secondary N) is 8. The Balaban J connectivity index is 0.452. The Morgan fingerprint density at radius 3 is 1.58 bits per heavy atom. The molecule has 6 heterocycles. The largest absolute Gasteiger partial charge is 0.484 e. The molecule has 4 amide bonds. The predicted octanol–water partition coefficient (Wildman–Crippen LogP) is 5.05. The average molecular weight is 1310 g/mol. The van der Waals surface area contributed by atoms with Crippen molar-refractivity contribution in [2.45, 2.75) is 122 Å². The number of urea groups is 2. The van der Waals surface area contributed by atoms with Crippen LogP contribution in [0.2, 0.25) is 10.0 Å². The van der Waals surface area contributed by atoms with E-state index < -0.39 is 10.0 Å². The summed E-state index contributed by atoms with van der Waals surface area (Å²) in [7, 11) is -3.79. The summed E-state index contributed by atoms with van der Waals surface area (Å²) >= 11 is 14.6. The molecular formula is C64H82Cl2N14O8S2. The van der Waals surface area contributed by atoms with Crippen molar-refractivity contribution in [2.24, 2.45) is 0 Å². The maximum atomic E-state index is 13.5. The summed E-state index contributed by atoms with van der Waals surface area (Å²) in [6, 6.07) is 28.5. The highest BCUT2D eigenvalue weighted by Crippen LogP contribution is 2.46. The zero-order valence-corrected chi connectivity index (χ0v) is 53.8. The monoisotopic (exact) mass is 1310 g/mol. The summed E-state index contributed by atoms with van der Waals surface area (Å²) < 4.78 is 58.6. The van der Waals surface area contributed by atoms with Gasteiger partial charge in [-0.1, -0.05) is 23.2 Å². The lowest BCUT2D eigenvalue weighted by molar-refractivity contribution is 0.0614. The van der Waals surface area contributed by atoms with Gasteiger partial charge in [0.15, 0.2) is 0 Å². The van der Waals surface area contributed by atoms with Crippen molar-refractivity contribution in [2.75, 3.05) is 118 Å². The van der Waals surface area contributed by atoms with Crippen molar-refractivity contribution in [1.29, 1.82) is 10.5 Å². The number of nitriles is 2. The van der Waals surface area contributed by atoms with Crippen molar-refractivity contribution < 1.29 is 37.0 Å². The Kier molecular flexibility index (Phi) is 21.6. The zero-order chi connectivity index (χ0) is 62.1. The summed E-state index contributed by atoms with van der Waals surface area (Å²) in [5, 5.41) is 39.4. The van der Waals surface area contributed by atoms with Gasteiger partial charge in [0.25, 0.3) is 0 Å². The molecule has 4 aromatic rings. The molecule has 0 radical (unpaired) electrons. The molecule has 8 N–H and O–H groups in total. The van der Waals surface area contributed by atoms with Crippen LogP contribution in [0.25, 0.3) is 0 Å². The fourth-order valence-corrected chi connectivity index (χ4v) is 17.0. The highest BCUT2D eigenvalue weighted by atomic mass is 35.5. The van der Waals surface area contributed by atoms with Gasteiger partial charge in [-0.2, -0.15) is 10.5 Å². The molecule has 90 heavy (non-hydrogen) atoms. The number of hydrogen-bond donors (Lipinski definition) is 8. The summed E-state index contributed by atoms with van der Waals surface area (Å²) in [4.78, 5) is 35.6. The number of carbonyl (C=O) groups excluding carboxylic acids is 2. The van der Waals surface area contributed by atoms with Crippen LogP contribution in [0, 0.1) is 22.7 Å². The molecule has 2 aliphatic carbocycles. The minimum absolute atomic E-state index is 0.0314. The SMILES string of the molecule is N#Cc1cc(Cl)cc2c1C[C@H](N1C[C@@H]3C[C@H]1CN3)[C@H]2Oc1ccc(SN[C@@H]2CCN(CCOCCNC(=O)NCCCCNC(=O)NCCOCCN3CC[C@@H](NS(=O)(=O)c4ccc(O[C@H]5c6cc(Cl)cc(C#N)c6C[C@@H]5N5C[C@@H]6C[C@H]5CN6)cc4)C3)C2)cc1. The number of fused-ring (bicyclic) bond motifs is 6. The lowest BCUT2D eigenvalue weighted by atomic mass is 10.0. The first-order valence-corrected chi connectivity index (χ1v) is 34.9. The highest BCUT2D eigenvalue weighted by Gasteiger charge is 2.49. The normalized spacial score (nSPS) is 26.1. The number of amides is 4. The topological polar surface area (TPSA) is 262 Å². The number of sulfonamides is 1. The number of likely N-dealkylation sites (tertiary alicyclic amines) is 4. The van der Waals surface area contributed by atoms with Gasteiger partial charge in [-0.05, 0) is 171 Å². The summed E-state index contributed by atoms with van der Waals surface area (Å²) in [5.74, 6) is 1.35. The summed E-state index contributed by atoms with van der Waals surface area (Å²) in [6.45, 7) is 12.0. The molecular weight excluding hydrogens is 1230 g/mol. The van der Waals surface area contributed by atoms with Crippen LogP contribution in [0.4, 0.5) is 9.59 Å².